The van der Waals surface area contributed by atoms with Crippen LogP contribution in [0.2, 0.25) is 0 Å². The Morgan fingerprint density at radius 3 is 1.88 bits per heavy atom. The van der Waals surface area contributed by atoms with E-state index in [4.69, 9.17) is 0 Å². The molecular weight excluding hydrogens is 408 g/mol. The molecule has 0 heterocycles. The maximum absolute atomic E-state index is 3.33. The predicted octanol–water partition coefficient (Wildman–Crippen LogP) is 10.00. The minimum atomic E-state index is 0.941. The van der Waals surface area contributed by atoms with E-state index in [0.717, 1.165) is 29.4 Å². The molecule has 1 aliphatic carbocycles. The number of hydrogen-bond donors (Lipinski definition) is 0. The summed E-state index contributed by atoms with van der Waals surface area (Å²) in [6, 6.07) is 17.5. The lowest BCUT2D eigenvalue weighted by atomic mass is 9.77. The largest absolute Gasteiger partial charge is 0.0839 e. The minimum Gasteiger partial charge on any atom is -0.0839 e. The Balaban J connectivity index is 1.38. The van der Waals surface area contributed by atoms with E-state index in [-0.39, 0.29) is 0 Å². The maximum Gasteiger partial charge on any atom is 0.0249 e. The molecule has 2 aromatic rings. The second kappa shape index (κ2) is 15.6. The zero-order chi connectivity index (χ0) is 23.8. The van der Waals surface area contributed by atoms with Gasteiger partial charge >= 0.3 is 0 Å². The molecule has 1 saturated carbocycles. The van der Waals surface area contributed by atoms with Crippen molar-refractivity contribution in [3.05, 3.63) is 76.9 Å². The van der Waals surface area contributed by atoms with Gasteiger partial charge in [-0.25, -0.2) is 0 Å². The topological polar surface area (TPSA) is 0 Å². The molecular formula is C34H46. The predicted molar refractivity (Wildman–Crippen MR) is 150 cm³/mol. The van der Waals surface area contributed by atoms with E-state index in [9.17, 15) is 0 Å². The number of allylic oxidation sites excluding steroid dienone is 1. The van der Waals surface area contributed by atoms with Crippen LogP contribution in [0, 0.1) is 23.7 Å². The van der Waals surface area contributed by atoms with Gasteiger partial charge < -0.3 is 0 Å². The Morgan fingerprint density at radius 1 is 0.676 bits per heavy atom. The first kappa shape index (κ1) is 26.3. The fourth-order valence-electron chi connectivity index (χ4n) is 5.16. The molecule has 0 aromatic heterocycles. The van der Waals surface area contributed by atoms with Gasteiger partial charge in [0.15, 0.2) is 0 Å². The lowest BCUT2D eigenvalue weighted by Gasteiger charge is -2.28. The summed E-state index contributed by atoms with van der Waals surface area (Å²) in [5.74, 6) is 8.61. The average molecular weight is 455 g/mol. The van der Waals surface area contributed by atoms with E-state index < -0.39 is 0 Å². The summed E-state index contributed by atoms with van der Waals surface area (Å²) in [5, 5.41) is 0. The van der Waals surface area contributed by atoms with Gasteiger partial charge in [0.25, 0.3) is 0 Å². The highest BCUT2D eigenvalue weighted by atomic mass is 14.3. The lowest BCUT2D eigenvalue weighted by Crippen LogP contribution is -2.15. The van der Waals surface area contributed by atoms with Gasteiger partial charge in [-0.05, 0) is 66.5 Å². The molecule has 0 nitrogen and oxygen atoms in total. The molecule has 182 valence electrons. The van der Waals surface area contributed by atoms with Gasteiger partial charge in [-0.2, -0.15) is 0 Å². The Labute approximate surface area is 210 Å². The number of aryl methyl sites for hydroxylation is 1. The minimum absolute atomic E-state index is 0.941. The second-order valence-electron chi connectivity index (χ2n) is 10.4. The molecule has 3 rings (SSSR count). The molecule has 0 unspecified atom stereocenters. The Kier molecular flexibility index (Phi) is 12.1. The Hall–Kier alpha value is -2.26. The molecule has 0 heteroatoms. The van der Waals surface area contributed by atoms with Crippen LogP contribution in [0.15, 0.2) is 54.6 Å². The third-order valence-electron chi connectivity index (χ3n) is 7.52. The van der Waals surface area contributed by atoms with E-state index in [2.05, 4.69) is 86.4 Å². The van der Waals surface area contributed by atoms with Crippen molar-refractivity contribution in [1.82, 2.24) is 0 Å². The number of rotatable bonds is 12. The second-order valence-corrected chi connectivity index (χ2v) is 10.4. The van der Waals surface area contributed by atoms with Gasteiger partial charge in [-0.3, -0.25) is 0 Å². The molecule has 0 aliphatic heterocycles. The molecule has 1 fully saturated rings. The normalized spacial score (nSPS) is 18.1. The molecule has 1 aliphatic rings. The van der Waals surface area contributed by atoms with Crippen LogP contribution in [0.1, 0.15) is 120 Å². The SMILES string of the molecule is CCCC/C=C/c1ccc(C#Cc2ccc(CCC3CCC(CCCCCC)CC3)cc2)cc1. The summed E-state index contributed by atoms with van der Waals surface area (Å²) in [5.41, 5.74) is 4.91. The maximum atomic E-state index is 3.33. The summed E-state index contributed by atoms with van der Waals surface area (Å²) in [6.07, 6.45) is 23.7. The number of hydrogen-bond acceptors (Lipinski definition) is 0. The first-order chi connectivity index (χ1) is 16.8. The third kappa shape index (κ3) is 9.93. The molecule has 0 radical (unpaired) electrons. The van der Waals surface area contributed by atoms with Gasteiger partial charge in [0.2, 0.25) is 0 Å². The summed E-state index contributed by atoms with van der Waals surface area (Å²) in [7, 11) is 0. The van der Waals surface area contributed by atoms with Crippen molar-refractivity contribution in [2.45, 2.75) is 104 Å². The highest BCUT2D eigenvalue weighted by molar-refractivity contribution is 5.52. The van der Waals surface area contributed by atoms with Gasteiger partial charge in [0, 0.05) is 11.1 Å². The lowest BCUT2D eigenvalue weighted by molar-refractivity contribution is 0.249. The molecule has 2 aromatic carbocycles. The monoisotopic (exact) mass is 454 g/mol. The van der Waals surface area contributed by atoms with Crippen molar-refractivity contribution in [2.24, 2.45) is 11.8 Å². The van der Waals surface area contributed by atoms with Crippen molar-refractivity contribution in [1.29, 1.82) is 0 Å². The van der Waals surface area contributed by atoms with Crippen molar-refractivity contribution < 1.29 is 0 Å². The van der Waals surface area contributed by atoms with Crippen molar-refractivity contribution >= 4 is 6.08 Å². The highest BCUT2D eigenvalue weighted by Gasteiger charge is 2.20. The molecule has 0 spiro atoms. The van der Waals surface area contributed by atoms with Gasteiger partial charge in [0.05, 0.1) is 0 Å². The first-order valence-corrected chi connectivity index (χ1v) is 14.1. The fourth-order valence-corrected chi connectivity index (χ4v) is 5.16. The standard InChI is InChI=1S/C34H46/c1-3-5-7-9-11-29-13-17-31(18-14-29)21-23-33-25-27-34(28-26-33)24-22-32-19-15-30(16-20-32)12-10-8-6-4-2/h9,11,13-14,17-18,25-28,30,32H,3-8,10,12,15-16,19-20,22,24H2,1-2H3/b11-9+. The van der Waals surface area contributed by atoms with E-state index in [1.165, 1.54) is 94.6 Å². The van der Waals surface area contributed by atoms with Crippen LogP contribution in [0.4, 0.5) is 0 Å². The van der Waals surface area contributed by atoms with E-state index >= 15 is 0 Å². The van der Waals surface area contributed by atoms with Crippen LogP contribution in [-0.4, -0.2) is 0 Å². The van der Waals surface area contributed by atoms with Gasteiger partial charge in [-0.15, -0.1) is 0 Å². The number of unbranched alkanes of at least 4 members (excludes halogenated alkanes) is 5. The first-order valence-electron chi connectivity index (χ1n) is 14.1. The average Bonchev–Trinajstić information content (AvgIpc) is 2.89. The Bertz CT molecular complexity index is 880. The highest BCUT2D eigenvalue weighted by Crippen LogP contribution is 2.34. The number of benzene rings is 2. The van der Waals surface area contributed by atoms with Crippen LogP contribution in [0.5, 0.6) is 0 Å². The van der Waals surface area contributed by atoms with Crippen molar-refractivity contribution in [3.8, 4) is 11.8 Å². The van der Waals surface area contributed by atoms with E-state index in [0.29, 0.717) is 0 Å². The summed E-state index contributed by atoms with van der Waals surface area (Å²) in [4.78, 5) is 0. The summed E-state index contributed by atoms with van der Waals surface area (Å²) < 4.78 is 0. The zero-order valence-corrected chi connectivity index (χ0v) is 21.8. The van der Waals surface area contributed by atoms with Gasteiger partial charge in [0.1, 0.15) is 0 Å². The molecule has 0 saturated heterocycles. The Morgan fingerprint density at radius 2 is 1.26 bits per heavy atom. The van der Waals surface area contributed by atoms with Crippen LogP contribution in [0.3, 0.4) is 0 Å². The van der Waals surface area contributed by atoms with Crippen molar-refractivity contribution in [3.63, 3.8) is 0 Å². The molecule has 34 heavy (non-hydrogen) atoms. The quantitative estimate of drug-likeness (QED) is 0.221. The molecule has 0 bridgehead atoms. The van der Waals surface area contributed by atoms with Crippen LogP contribution in [-0.2, 0) is 6.42 Å². The smallest absolute Gasteiger partial charge is 0.0249 e. The molecule has 0 atom stereocenters. The fraction of sp³-hybridized carbons (Fsp3) is 0.529. The van der Waals surface area contributed by atoms with E-state index in [1.54, 1.807) is 0 Å². The molecule has 0 N–H and O–H groups in total. The summed E-state index contributed by atoms with van der Waals surface area (Å²) in [6.45, 7) is 4.54. The van der Waals surface area contributed by atoms with Crippen LogP contribution < -0.4 is 0 Å². The third-order valence-corrected chi connectivity index (χ3v) is 7.52. The van der Waals surface area contributed by atoms with Crippen LogP contribution >= 0.6 is 0 Å². The summed E-state index contributed by atoms with van der Waals surface area (Å²) >= 11 is 0. The van der Waals surface area contributed by atoms with E-state index in [1.807, 2.05) is 0 Å². The zero-order valence-electron chi connectivity index (χ0n) is 21.8. The molecule has 0 amide bonds. The van der Waals surface area contributed by atoms with Crippen molar-refractivity contribution in [2.75, 3.05) is 0 Å². The van der Waals surface area contributed by atoms with Crippen LogP contribution in [0.25, 0.3) is 6.08 Å². The van der Waals surface area contributed by atoms with Gasteiger partial charge in [-0.1, -0.05) is 133 Å².